The van der Waals surface area contributed by atoms with Crippen LogP contribution in [0.3, 0.4) is 0 Å². The maximum absolute atomic E-state index is 10.9. The minimum atomic E-state index is -0.924. The zero-order valence-corrected chi connectivity index (χ0v) is 9.56. The first-order valence-electron chi connectivity index (χ1n) is 4.71. The molecule has 0 aliphatic carbocycles. The fourth-order valence-electron chi connectivity index (χ4n) is 1.52. The summed E-state index contributed by atoms with van der Waals surface area (Å²) >= 11 is 6.14. The van der Waals surface area contributed by atoms with E-state index in [1.54, 1.807) is 24.9 Å². The highest BCUT2D eigenvalue weighted by atomic mass is 35.5. The van der Waals surface area contributed by atoms with Gasteiger partial charge in [-0.3, -0.25) is 9.48 Å². The summed E-state index contributed by atoms with van der Waals surface area (Å²) in [4.78, 5) is 15.0. The highest BCUT2D eigenvalue weighted by molar-refractivity contribution is 6.36. The topological polar surface area (TPSA) is 68.0 Å². The predicted molar refractivity (Wildman–Crippen MR) is 59.6 cm³/mol. The van der Waals surface area contributed by atoms with Crippen LogP contribution in [0.15, 0.2) is 12.4 Å². The molecule has 84 valence electrons. The van der Waals surface area contributed by atoms with E-state index in [1.807, 2.05) is 0 Å². The molecule has 0 aliphatic rings. The quantitative estimate of drug-likeness (QED) is 0.868. The molecule has 2 rings (SSSR count). The summed E-state index contributed by atoms with van der Waals surface area (Å²) < 4.78 is 1.59. The highest BCUT2D eigenvalue weighted by Crippen LogP contribution is 2.30. The number of aryl methyl sites for hydroxylation is 1. The molecule has 5 nitrogen and oxygen atoms in total. The third-order valence-corrected chi connectivity index (χ3v) is 2.98. The standard InChI is InChI=1S/C10H10ClN3O2/c1-5(10(15)16)6-3-12-9-7(8(6)11)4-13-14(9)2/h3-5H,1-2H3,(H,15,16). The number of carboxylic acids is 1. The number of halogens is 1. The molecule has 0 radical (unpaired) electrons. The SMILES string of the molecule is CC(C(=O)O)c1cnc2c(cnn2C)c1Cl. The second kappa shape index (κ2) is 3.75. The van der Waals surface area contributed by atoms with Gasteiger partial charge in [0.05, 0.1) is 22.5 Å². The predicted octanol–water partition coefficient (Wildman–Crippen LogP) is 1.81. The molecular formula is C10H10ClN3O2. The van der Waals surface area contributed by atoms with Crippen molar-refractivity contribution in [2.75, 3.05) is 0 Å². The summed E-state index contributed by atoms with van der Waals surface area (Å²) in [7, 11) is 1.76. The number of carbonyl (C=O) groups is 1. The van der Waals surface area contributed by atoms with E-state index in [2.05, 4.69) is 10.1 Å². The largest absolute Gasteiger partial charge is 0.481 e. The molecule has 0 saturated carbocycles. The number of nitrogens with zero attached hydrogens (tertiary/aromatic N) is 3. The number of pyridine rings is 1. The number of carboxylic acid groups (broad SMARTS) is 1. The zero-order valence-electron chi connectivity index (χ0n) is 8.81. The number of aromatic nitrogens is 3. The molecule has 0 aliphatic heterocycles. The Labute approximate surface area is 96.7 Å². The van der Waals surface area contributed by atoms with Crippen LogP contribution in [0.5, 0.6) is 0 Å². The van der Waals surface area contributed by atoms with E-state index in [9.17, 15) is 4.79 Å². The van der Waals surface area contributed by atoms with Crippen LogP contribution in [0, 0.1) is 0 Å². The van der Waals surface area contributed by atoms with Crippen LogP contribution in [-0.2, 0) is 11.8 Å². The number of aliphatic carboxylic acids is 1. The minimum Gasteiger partial charge on any atom is -0.481 e. The lowest BCUT2D eigenvalue weighted by Gasteiger charge is -2.08. The van der Waals surface area contributed by atoms with Crippen LogP contribution in [-0.4, -0.2) is 25.8 Å². The third kappa shape index (κ3) is 1.53. The second-order valence-corrected chi connectivity index (χ2v) is 3.97. The van der Waals surface area contributed by atoms with E-state index >= 15 is 0 Å². The van der Waals surface area contributed by atoms with Crippen LogP contribution < -0.4 is 0 Å². The maximum atomic E-state index is 10.9. The highest BCUT2D eigenvalue weighted by Gasteiger charge is 2.20. The van der Waals surface area contributed by atoms with Crippen LogP contribution in [0.25, 0.3) is 11.0 Å². The lowest BCUT2D eigenvalue weighted by Crippen LogP contribution is -2.08. The summed E-state index contributed by atoms with van der Waals surface area (Å²) in [6, 6.07) is 0. The first kappa shape index (κ1) is 10.9. The summed E-state index contributed by atoms with van der Waals surface area (Å²) in [5.74, 6) is -1.60. The van der Waals surface area contributed by atoms with Gasteiger partial charge in [0.15, 0.2) is 5.65 Å². The summed E-state index contributed by atoms with van der Waals surface area (Å²) in [6.45, 7) is 1.58. The lowest BCUT2D eigenvalue weighted by molar-refractivity contribution is -0.138. The molecule has 1 atom stereocenters. The third-order valence-electron chi connectivity index (χ3n) is 2.56. The second-order valence-electron chi connectivity index (χ2n) is 3.59. The van der Waals surface area contributed by atoms with Gasteiger partial charge in [-0.15, -0.1) is 0 Å². The molecule has 0 amide bonds. The molecule has 0 saturated heterocycles. The van der Waals surface area contributed by atoms with Crippen molar-refractivity contribution in [3.8, 4) is 0 Å². The van der Waals surface area contributed by atoms with E-state index in [-0.39, 0.29) is 0 Å². The maximum Gasteiger partial charge on any atom is 0.310 e. The van der Waals surface area contributed by atoms with Crippen molar-refractivity contribution < 1.29 is 9.90 Å². The molecule has 2 aromatic heterocycles. The molecule has 2 heterocycles. The normalized spacial score (nSPS) is 12.9. The van der Waals surface area contributed by atoms with Gasteiger partial charge < -0.3 is 5.11 Å². The molecule has 0 aromatic carbocycles. The smallest absolute Gasteiger partial charge is 0.310 e. The Morgan fingerprint density at radius 1 is 1.56 bits per heavy atom. The number of rotatable bonds is 2. The Morgan fingerprint density at radius 3 is 2.88 bits per heavy atom. The van der Waals surface area contributed by atoms with Gasteiger partial charge in [0.1, 0.15) is 0 Å². The van der Waals surface area contributed by atoms with Crippen LogP contribution in [0.1, 0.15) is 18.4 Å². The molecule has 1 N–H and O–H groups in total. The fourth-order valence-corrected chi connectivity index (χ4v) is 1.86. The zero-order chi connectivity index (χ0) is 11.9. The minimum absolute atomic E-state index is 0.410. The average Bonchev–Trinajstić information content (AvgIpc) is 2.61. The molecule has 16 heavy (non-hydrogen) atoms. The van der Waals surface area contributed by atoms with Gasteiger partial charge in [-0.05, 0) is 6.92 Å². The first-order valence-corrected chi connectivity index (χ1v) is 5.09. The molecular weight excluding hydrogens is 230 g/mol. The van der Waals surface area contributed by atoms with Gasteiger partial charge in [-0.25, -0.2) is 4.98 Å². The van der Waals surface area contributed by atoms with E-state index in [0.29, 0.717) is 21.6 Å². The average molecular weight is 240 g/mol. The molecule has 0 bridgehead atoms. The Bertz CT molecular complexity index is 564. The van der Waals surface area contributed by atoms with E-state index in [1.165, 1.54) is 6.20 Å². The van der Waals surface area contributed by atoms with E-state index in [0.717, 1.165) is 0 Å². The molecule has 6 heteroatoms. The number of hydrogen-bond donors (Lipinski definition) is 1. The summed E-state index contributed by atoms with van der Waals surface area (Å²) in [5.41, 5.74) is 1.15. The lowest BCUT2D eigenvalue weighted by atomic mass is 10.0. The monoisotopic (exact) mass is 239 g/mol. The van der Waals surface area contributed by atoms with Gasteiger partial charge in [0.25, 0.3) is 0 Å². The van der Waals surface area contributed by atoms with Crippen molar-refractivity contribution >= 4 is 28.6 Å². The van der Waals surface area contributed by atoms with Gasteiger partial charge in [-0.1, -0.05) is 11.6 Å². The van der Waals surface area contributed by atoms with Gasteiger partial charge in [0, 0.05) is 18.8 Å². The van der Waals surface area contributed by atoms with Gasteiger partial charge in [0.2, 0.25) is 0 Å². The Balaban J connectivity index is 2.65. The summed E-state index contributed by atoms with van der Waals surface area (Å²) in [5, 5.41) is 14.0. The number of hydrogen-bond acceptors (Lipinski definition) is 3. The van der Waals surface area contributed by atoms with Crippen molar-refractivity contribution in [2.45, 2.75) is 12.8 Å². The fraction of sp³-hybridized carbons (Fsp3) is 0.300. The molecule has 0 fully saturated rings. The van der Waals surface area contributed by atoms with Crippen molar-refractivity contribution in [1.29, 1.82) is 0 Å². The van der Waals surface area contributed by atoms with Crippen LogP contribution in [0.2, 0.25) is 5.02 Å². The van der Waals surface area contributed by atoms with Crippen LogP contribution in [0.4, 0.5) is 0 Å². The number of fused-ring (bicyclic) bond motifs is 1. The Hall–Kier alpha value is -1.62. The molecule has 1 unspecified atom stereocenters. The van der Waals surface area contributed by atoms with Crippen molar-refractivity contribution in [1.82, 2.24) is 14.8 Å². The van der Waals surface area contributed by atoms with Gasteiger partial charge in [-0.2, -0.15) is 5.10 Å². The molecule has 0 spiro atoms. The van der Waals surface area contributed by atoms with Crippen molar-refractivity contribution in [2.24, 2.45) is 7.05 Å². The van der Waals surface area contributed by atoms with Crippen molar-refractivity contribution in [3.63, 3.8) is 0 Å². The Kier molecular flexibility index (Phi) is 2.55. The van der Waals surface area contributed by atoms with E-state index in [4.69, 9.17) is 16.7 Å². The van der Waals surface area contributed by atoms with E-state index < -0.39 is 11.9 Å². The van der Waals surface area contributed by atoms with Crippen LogP contribution >= 0.6 is 11.6 Å². The Morgan fingerprint density at radius 2 is 2.25 bits per heavy atom. The first-order chi connectivity index (χ1) is 7.52. The van der Waals surface area contributed by atoms with Gasteiger partial charge >= 0.3 is 5.97 Å². The van der Waals surface area contributed by atoms with Crippen molar-refractivity contribution in [3.05, 3.63) is 23.0 Å². The summed E-state index contributed by atoms with van der Waals surface area (Å²) in [6.07, 6.45) is 3.08. The molecule has 2 aromatic rings.